The molecule has 0 saturated heterocycles. The molecule has 0 heterocycles. The third kappa shape index (κ3) is 4.72. The monoisotopic (exact) mass is 334 g/mol. The van der Waals surface area contributed by atoms with Crippen LogP contribution in [0.25, 0.3) is 0 Å². The van der Waals surface area contributed by atoms with Crippen molar-refractivity contribution < 1.29 is 17.6 Å². The third-order valence-corrected chi connectivity index (χ3v) is 5.23. The molecule has 1 aliphatic rings. The van der Waals surface area contributed by atoms with Crippen LogP contribution in [0.4, 0.5) is 13.2 Å². The first-order chi connectivity index (χ1) is 9.68. The first kappa shape index (κ1) is 19.5. The van der Waals surface area contributed by atoms with Crippen molar-refractivity contribution in [3.8, 4) is 0 Å². The van der Waals surface area contributed by atoms with Gasteiger partial charge in [-0.1, -0.05) is 25.5 Å². The summed E-state index contributed by atoms with van der Waals surface area (Å²) < 4.78 is 46.0. The minimum Gasteiger partial charge on any atom is -0.401 e. The van der Waals surface area contributed by atoms with Crippen molar-refractivity contribution in [2.75, 3.05) is 0 Å². The molecule has 0 bridgehead atoms. The van der Waals surface area contributed by atoms with Crippen molar-refractivity contribution in [1.82, 2.24) is 0 Å². The van der Waals surface area contributed by atoms with E-state index >= 15 is 0 Å². The molecule has 5 heteroatoms. The highest BCUT2D eigenvalue weighted by atomic mass is 28.4. The van der Waals surface area contributed by atoms with Crippen LogP contribution in [-0.4, -0.2) is 20.1 Å². The van der Waals surface area contributed by atoms with Gasteiger partial charge in [0.05, 0.1) is 0 Å². The van der Waals surface area contributed by atoms with Crippen LogP contribution >= 0.6 is 0 Å². The third-order valence-electron chi connectivity index (χ3n) is 4.19. The van der Waals surface area contributed by atoms with Gasteiger partial charge >= 0.3 is 6.18 Å². The normalized spacial score (nSPS) is 23.0. The first-order valence-electron chi connectivity index (χ1n) is 7.84. The Hall–Kier alpha value is -0.553. The van der Waals surface area contributed by atoms with E-state index < -0.39 is 20.1 Å². The number of allylic oxidation sites excluding steroid dienone is 3. The fourth-order valence-electron chi connectivity index (χ4n) is 3.08. The fraction of sp³-hybridized carbons (Fsp3) is 0.765. The zero-order valence-corrected chi connectivity index (χ0v) is 15.8. The highest BCUT2D eigenvalue weighted by molar-refractivity contribution is 6.69. The Labute approximate surface area is 133 Å². The number of alkyl halides is 3. The van der Waals surface area contributed by atoms with Crippen LogP contribution in [0.5, 0.6) is 0 Å². The summed E-state index contributed by atoms with van der Waals surface area (Å²) in [6.07, 6.45) is 1.51. The van der Waals surface area contributed by atoms with Crippen molar-refractivity contribution in [3.63, 3.8) is 0 Å². The standard InChI is InChI=1S/C17H29F3OSi/c1-13-9-8-11-15(2,3)14(13)10-12-16(4,17(18,19)20)21-22(5,6)7/h10,12H,8-9,11H2,1-7H3/b12-10+. The SMILES string of the molecule is CC1=C(/C=C/C(C)(O[Si](C)(C)C)C(F)(F)F)C(C)(C)CCC1. The van der Waals surface area contributed by atoms with Gasteiger partial charge in [-0.3, -0.25) is 0 Å². The molecule has 0 radical (unpaired) electrons. The summed E-state index contributed by atoms with van der Waals surface area (Å²) in [5, 5.41) is 0. The molecule has 1 nitrogen and oxygen atoms in total. The summed E-state index contributed by atoms with van der Waals surface area (Å²) in [6.45, 7) is 12.7. The summed E-state index contributed by atoms with van der Waals surface area (Å²) >= 11 is 0. The van der Waals surface area contributed by atoms with Crippen LogP contribution in [0.15, 0.2) is 23.3 Å². The molecule has 128 valence electrons. The predicted molar refractivity (Wildman–Crippen MR) is 88.4 cm³/mol. The van der Waals surface area contributed by atoms with Crippen LogP contribution in [0.2, 0.25) is 19.6 Å². The second kappa shape index (κ2) is 6.15. The Morgan fingerprint density at radius 3 is 2.14 bits per heavy atom. The molecule has 0 N–H and O–H groups in total. The van der Waals surface area contributed by atoms with Gasteiger partial charge in [0.1, 0.15) is 0 Å². The molecule has 0 aliphatic heterocycles. The van der Waals surface area contributed by atoms with Crippen LogP contribution < -0.4 is 0 Å². The van der Waals surface area contributed by atoms with Crippen LogP contribution in [-0.2, 0) is 4.43 Å². The van der Waals surface area contributed by atoms with Crippen LogP contribution in [0.3, 0.4) is 0 Å². The Morgan fingerprint density at radius 2 is 1.73 bits per heavy atom. The van der Waals surface area contributed by atoms with Gasteiger partial charge in [-0.2, -0.15) is 13.2 Å². The summed E-state index contributed by atoms with van der Waals surface area (Å²) in [4.78, 5) is 0. The lowest BCUT2D eigenvalue weighted by Crippen LogP contribution is -2.49. The van der Waals surface area contributed by atoms with Gasteiger partial charge in [-0.15, -0.1) is 0 Å². The molecule has 1 unspecified atom stereocenters. The lowest BCUT2D eigenvalue weighted by atomic mass is 9.72. The quantitative estimate of drug-likeness (QED) is 0.553. The van der Waals surface area contributed by atoms with Gasteiger partial charge in [-0.25, -0.2) is 0 Å². The molecule has 1 aliphatic carbocycles. The molecular weight excluding hydrogens is 305 g/mol. The average molecular weight is 334 g/mol. The molecule has 0 aromatic rings. The van der Waals surface area contributed by atoms with E-state index in [2.05, 4.69) is 13.8 Å². The van der Waals surface area contributed by atoms with Crippen molar-refractivity contribution in [3.05, 3.63) is 23.3 Å². The maximum absolute atomic E-state index is 13.5. The average Bonchev–Trinajstić information content (AvgIpc) is 2.23. The lowest BCUT2D eigenvalue weighted by Gasteiger charge is -2.37. The van der Waals surface area contributed by atoms with E-state index in [1.54, 1.807) is 25.7 Å². The summed E-state index contributed by atoms with van der Waals surface area (Å²) in [6, 6.07) is 0. The van der Waals surface area contributed by atoms with Crippen molar-refractivity contribution in [2.24, 2.45) is 5.41 Å². The van der Waals surface area contributed by atoms with Crippen molar-refractivity contribution >= 4 is 8.32 Å². The Bertz CT molecular complexity index is 469. The van der Waals surface area contributed by atoms with Gasteiger partial charge in [0.25, 0.3) is 0 Å². The summed E-state index contributed by atoms with van der Waals surface area (Å²) in [5.41, 5.74) is -0.0959. The fourth-order valence-corrected chi connectivity index (χ4v) is 4.53. The van der Waals surface area contributed by atoms with E-state index in [-0.39, 0.29) is 5.41 Å². The lowest BCUT2D eigenvalue weighted by molar-refractivity contribution is -0.225. The number of rotatable bonds is 4. The second-order valence-corrected chi connectivity index (χ2v) is 12.5. The molecule has 0 fully saturated rings. The van der Waals surface area contributed by atoms with E-state index in [1.165, 1.54) is 11.6 Å². The number of hydrogen-bond acceptors (Lipinski definition) is 1. The van der Waals surface area contributed by atoms with Gasteiger partial charge in [0.2, 0.25) is 0 Å². The van der Waals surface area contributed by atoms with Gasteiger partial charge in [-0.05, 0) is 69.8 Å². The summed E-state index contributed by atoms with van der Waals surface area (Å²) in [5.74, 6) is 0. The maximum Gasteiger partial charge on any atom is 0.419 e. The molecule has 0 aromatic heterocycles. The largest absolute Gasteiger partial charge is 0.419 e. The molecule has 0 aromatic carbocycles. The molecule has 0 amide bonds. The zero-order valence-electron chi connectivity index (χ0n) is 14.8. The highest BCUT2D eigenvalue weighted by Gasteiger charge is 2.52. The summed E-state index contributed by atoms with van der Waals surface area (Å²) in [7, 11) is -2.33. The molecule has 0 spiro atoms. The molecule has 22 heavy (non-hydrogen) atoms. The van der Waals surface area contributed by atoms with E-state index in [0.717, 1.165) is 31.8 Å². The molecule has 0 saturated carbocycles. The van der Waals surface area contributed by atoms with Crippen LogP contribution in [0, 0.1) is 5.41 Å². The zero-order chi connectivity index (χ0) is 17.4. The Balaban J connectivity index is 3.20. The smallest absolute Gasteiger partial charge is 0.401 e. The second-order valence-electron chi connectivity index (χ2n) is 8.08. The molecule has 1 rings (SSSR count). The van der Waals surface area contributed by atoms with Gasteiger partial charge < -0.3 is 4.43 Å². The van der Waals surface area contributed by atoms with E-state index in [9.17, 15) is 13.2 Å². The number of hydrogen-bond donors (Lipinski definition) is 0. The van der Waals surface area contributed by atoms with E-state index in [0.29, 0.717) is 0 Å². The van der Waals surface area contributed by atoms with E-state index in [4.69, 9.17) is 4.43 Å². The number of halogens is 3. The Morgan fingerprint density at radius 1 is 1.18 bits per heavy atom. The van der Waals surface area contributed by atoms with E-state index in [1.807, 2.05) is 6.92 Å². The minimum absolute atomic E-state index is 0.0789. The molecular formula is C17H29F3OSi. The minimum atomic E-state index is -4.42. The van der Waals surface area contributed by atoms with Gasteiger partial charge in [0.15, 0.2) is 13.9 Å². The van der Waals surface area contributed by atoms with Crippen molar-refractivity contribution in [1.29, 1.82) is 0 Å². The topological polar surface area (TPSA) is 9.23 Å². The van der Waals surface area contributed by atoms with Crippen LogP contribution in [0.1, 0.15) is 47.0 Å². The van der Waals surface area contributed by atoms with Gasteiger partial charge in [0, 0.05) is 0 Å². The maximum atomic E-state index is 13.5. The molecule has 1 atom stereocenters. The van der Waals surface area contributed by atoms with Crippen molar-refractivity contribution in [2.45, 2.75) is 78.4 Å². The predicted octanol–water partition coefficient (Wildman–Crippen LogP) is 6.24. The first-order valence-corrected chi connectivity index (χ1v) is 11.3. The highest BCUT2D eigenvalue weighted by Crippen LogP contribution is 2.43. The Kier molecular flexibility index (Phi) is 5.45.